The molecule has 188 valence electrons. The number of piperidine rings is 1. The van der Waals surface area contributed by atoms with E-state index in [0.29, 0.717) is 42.7 Å². The maximum absolute atomic E-state index is 14.8. The van der Waals surface area contributed by atoms with Crippen molar-refractivity contribution in [1.82, 2.24) is 19.8 Å². The average molecular weight is 492 g/mol. The van der Waals surface area contributed by atoms with Gasteiger partial charge >= 0.3 is 0 Å². The van der Waals surface area contributed by atoms with E-state index in [1.165, 1.54) is 12.3 Å². The lowest BCUT2D eigenvalue weighted by atomic mass is 9.88. The first-order valence-corrected chi connectivity index (χ1v) is 12.7. The third-order valence-electron chi connectivity index (χ3n) is 8.09. The first-order chi connectivity index (χ1) is 17.6. The van der Waals surface area contributed by atoms with Crippen LogP contribution in [-0.2, 0) is 16.0 Å². The molecule has 1 aliphatic carbocycles. The Hall–Kier alpha value is -3.06. The quantitative estimate of drug-likeness (QED) is 0.664. The first-order valence-electron chi connectivity index (χ1n) is 12.7. The van der Waals surface area contributed by atoms with Crippen LogP contribution in [0.25, 0.3) is 11.0 Å². The van der Waals surface area contributed by atoms with Crippen LogP contribution in [-0.4, -0.2) is 66.5 Å². The number of fused-ring (bicyclic) bond motifs is 1. The monoisotopic (exact) mass is 491 g/mol. The molecule has 0 radical (unpaired) electrons. The molecule has 0 aromatic carbocycles. The standard InChI is InChI=1S/C27H30FN5O3/c1-35-23-15-32(13-19-14-33-24(34)3-2-22-26(33)25(19)20(28)12-31-22)6-4-21(23)30-11-16-8-17-5-7-36-27(17)18(9-16)10-29/h2-3,8,12,16,19,21,23,30H,4-7,9,11,13-15H2,1H3/t16?,19?,21-,23+/m0/s1. The van der Waals surface area contributed by atoms with E-state index in [2.05, 4.69) is 27.3 Å². The molecule has 0 amide bonds. The van der Waals surface area contributed by atoms with Gasteiger partial charge in [0.15, 0.2) is 0 Å². The van der Waals surface area contributed by atoms with Gasteiger partial charge in [-0.15, -0.1) is 0 Å². The van der Waals surface area contributed by atoms with Crippen LogP contribution in [0.1, 0.15) is 30.7 Å². The van der Waals surface area contributed by atoms with Gasteiger partial charge in [0.2, 0.25) is 0 Å². The van der Waals surface area contributed by atoms with Crippen LogP contribution in [0, 0.1) is 23.1 Å². The van der Waals surface area contributed by atoms with Crippen molar-refractivity contribution < 1.29 is 13.9 Å². The smallest absolute Gasteiger partial charge is 0.251 e. The first kappa shape index (κ1) is 23.3. The summed E-state index contributed by atoms with van der Waals surface area (Å²) in [5, 5.41) is 13.2. The molecule has 4 atom stereocenters. The number of hydrogen-bond donors (Lipinski definition) is 1. The summed E-state index contributed by atoms with van der Waals surface area (Å²) in [6, 6.07) is 5.72. The molecular weight excluding hydrogens is 461 g/mol. The zero-order valence-electron chi connectivity index (χ0n) is 20.4. The largest absolute Gasteiger partial charge is 0.492 e. The van der Waals surface area contributed by atoms with E-state index in [4.69, 9.17) is 9.47 Å². The molecule has 1 N–H and O–H groups in total. The zero-order chi connectivity index (χ0) is 24.8. The van der Waals surface area contributed by atoms with E-state index in [0.717, 1.165) is 49.4 Å². The van der Waals surface area contributed by atoms with Gasteiger partial charge in [0.1, 0.15) is 11.6 Å². The van der Waals surface area contributed by atoms with E-state index in [9.17, 15) is 14.4 Å². The Morgan fingerprint density at radius 2 is 2.25 bits per heavy atom. The van der Waals surface area contributed by atoms with E-state index in [-0.39, 0.29) is 35.4 Å². The van der Waals surface area contributed by atoms with Crippen molar-refractivity contribution in [1.29, 1.82) is 5.26 Å². The fourth-order valence-electron chi connectivity index (χ4n) is 6.36. The summed E-state index contributed by atoms with van der Waals surface area (Å²) in [6.45, 7) is 4.18. The molecule has 6 rings (SSSR count). The Morgan fingerprint density at radius 1 is 1.36 bits per heavy atom. The highest BCUT2D eigenvalue weighted by Gasteiger charge is 2.35. The number of pyridine rings is 2. The molecule has 3 aliphatic heterocycles. The molecule has 36 heavy (non-hydrogen) atoms. The molecule has 2 fully saturated rings. The Bertz CT molecular complexity index is 1360. The SMILES string of the molecule is CO[C@@H]1CN(CC2Cn3c(=O)ccc4ncc(F)c2c43)CC[C@@H]1NCC1C=C2CCOC2=C(C#N)C1. The van der Waals surface area contributed by atoms with Gasteiger partial charge in [0.05, 0.1) is 41.6 Å². The molecule has 2 aromatic rings. The number of rotatable bonds is 6. The minimum atomic E-state index is -0.340. The van der Waals surface area contributed by atoms with Crippen LogP contribution in [0.3, 0.4) is 0 Å². The second-order valence-electron chi connectivity index (χ2n) is 10.2. The minimum absolute atomic E-state index is 0.000143. The molecule has 2 saturated heterocycles. The maximum atomic E-state index is 14.8. The van der Waals surface area contributed by atoms with E-state index in [1.807, 2.05) is 0 Å². The molecule has 0 bridgehead atoms. The minimum Gasteiger partial charge on any atom is -0.492 e. The molecule has 9 heteroatoms. The van der Waals surface area contributed by atoms with Crippen LogP contribution in [0.15, 0.2) is 46.1 Å². The highest BCUT2D eigenvalue weighted by Crippen LogP contribution is 2.36. The summed E-state index contributed by atoms with van der Waals surface area (Å²) < 4.78 is 28.0. The topological polar surface area (TPSA) is 92.4 Å². The Balaban J connectivity index is 1.10. The van der Waals surface area contributed by atoms with Crippen LogP contribution < -0.4 is 10.9 Å². The number of hydrogen-bond acceptors (Lipinski definition) is 7. The molecule has 0 saturated carbocycles. The van der Waals surface area contributed by atoms with Crippen molar-refractivity contribution in [3.05, 3.63) is 63.0 Å². The van der Waals surface area contributed by atoms with Crippen molar-refractivity contribution >= 4 is 11.0 Å². The second-order valence-corrected chi connectivity index (χ2v) is 10.2. The lowest BCUT2D eigenvalue weighted by molar-refractivity contribution is 0.00325. The van der Waals surface area contributed by atoms with Crippen LogP contribution >= 0.6 is 0 Å². The summed E-state index contributed by atoms with van der Waals surface area (Å²) in [7, 11) is 1.74. The molecular formula is C27H30FN5O3. The summed E-state index contributed by atoms with van der Waals surface area (Å²) in [5.74, 6) is 0.631. The fraction of sp³-hybridized carbons (Fsp3) is 0.519. The summed E-state index contributed by atoms with van der Waals surface area (Å²) in [5.41, 5.74) is 3.71. The van der Waals surface area contributed by atoms with Crippen LogP contribution in [0.4, 0.5) is 4.39 Å². The van der Waals surface area contributed by atoms with Gasteiger partial charge in [-0.1, -0.05) is 6.08 Å². The average Bonchev–Trinajstić information content (AvgIpc) is 3.52. The lowest BCUT2D eigenvalue weighted by Gasteiger charge is -2.39. The number of aromatic nitrogens is 2. The normalized spacial score (nSPS) is 27.6. The molecule has 8 nitrogen and oxygen atoms in total. The van der Waals surface area contributed by atoms with Gasteiger partial charge in [-0.2, -0.15) is 5.26 Å². The lowest BCUT2D eigenvalue weighted by Crippen LogP contribution is -2.54. The fourth-order valence-corrected chi connectivity index (χ4v) is 6.36. The number of halogens is 1. The number of ether oxygens (including phenoxy) is 2. The predicted molar refractivity (Wildman–Crippen MR) is 132 cm³/mol. The van der Waals surface area contributed by atoms with Crippen molar-refractivity contribution in [3.63, 3.8) is 0 Å². The molecule has 2 unspecified atom stereocenters. The highest BCUT2D eigenvalue weighted by atomic mass is 19.1. The van der Waals surface area contributed by atoms with Gasteiger partial charge in [-0.3, -0.25) is 14.7 Å². The third-order valence-corrected chi connectivity index (χ3v) is 8.09. The van der Waals surface area contributed by atoms with Gasteiger partial charge in [-0.25, -0.2) is 4.39 Å². The molecule has 0 spiro atoms. The number of nitrogens with one attached hydrogen (secondary N) is 1. The van der Waals surface area contributed by atoms with E-state index in [1.54, 1.807) is 17.7 Å². The number of nitriles is 1. The number of nitrogens with zero attached hydrogens (tertiary/aromatic N) is 4. The Kier molecular flexibility index (Phi) is 6.12. The number of allylic oxidation sites excluding steroid dienone is 2. The van der Waals surface area contributed by atoms with Crippen LogP contribution in [0.2, 0.25) is 0 Å². The van der Waals surface area contributed by atoms with Gasteiger partial charge < -0.3 is 19.4 Å². The van der Waals surface area contributed by atoms with E-state index < -0.39 is 0 Å². The van der Waals surface area contributed by atoms with Crippen LogP contribution in [0.5, 0.6) is 0 Å². The van der Waals surface area contributed by atoms with E-state index >= 15 is 0 Å². The summed E-state index contributed by atoms with van der Waals surface area (Å²) in [4.78, 5) is 18.9. The molecule has 2 aromatic heterocycles. The van der Waals surface area contributed by atoms with Gasteiger partial charge in [0.25, 0.3) is 5.56 Å². The van der Waals surface area contributed by atoms with Crippen molar-refractivity contribution in [3.8, 4) is 6.07 Å². The van der Waals surface area contributed by atoms with Crippen molar-refractivity contribution in [2.75, 3.05) is 39.9 Å². The predicted octanol–water partition coefficient (Wildman–Crippen LogP) is 2.46. The Labute approximate surface area is 209 Å². The summed E-state index contributed by atoms with van der Waals surface area (Å²) >= 11 is 0. The molecule has 5 heterocycles. The zero-order valence-corrected chi connectivity index (χ0v) is 20.4. The third kappa shape index (κ3) is 4.03. The number of methoxy groups -OCH3 is 1. The van der Waals surface area contributed by atoms with Gasteiger partial charge in [0, 0.05) is 63.3 Å². The maximum Gasteiger partial charge on any atom is 0.251 e. The highest BCUT2D eigenvalue weighted by molar-refractivity contribution is 5.80. The van der Waals surface area contributed by atoms with Crippen molar-refractivity contribution in [2.45, 2.75) is 43.9 Å². The summed E-state index contributed by atoms with van der Waals surface area (Å²) in [6.07, 6.45) is 6.01. The second kappa shape index (κ2) is 9.43. The van der Waals surface area contributed by atoms with Crippen molar-refractivity contribution in [2.24, 2.45) is 5.92 Å². The Morgan fingerprint density at radius 3 is 3.08 bits per heavy atom. The van der Waals surface area contributed by atoms with Gasteiger partial charge in [-0.05, 0) is 36.9 Å². The molecule has 4 aliphatic rings. The number of likely N-dealkylation sites (tertiary alicyclic amines) is 1.